The Hall–Kier alpha value is -0.710. The van der Waals surface area contributed by atoms with Gasteiger partial charge in [0.05, 0.1) is 5.60 Å². The predicted molar refractivity (Wildman–Crippen MR) is 81.5 cm³/mol. The van der Waals surface area contributed by atoms with E-state index in [1.165, 1.54) is 6.07 Å². The highest BCUT2D eigenvalue weighted by atomic mass is 79.9. The van der Waals surface area contributed by atoms with Crippen molar-refractivity contribution < 1.29 is 9.50 Å². The molecule has 0 heterocycles. The average molecular weight is 388 g/mol. The van der Waals surface area contributed by atoms with E-state index in [0.29, 0.717) is 10.0 Å². The highest BCUT2D eigenvalue weighted by Crippen LogP contribution is 2.28. The van der Waals surface area contributed by atoms with Crippen LogP contribution in [0.1, 0.15) is 18.1 Å². The number of hydrogen-bond acceptors (Lipinski definition) is 1. The van der Waals surface area contributed by atoms with Crippen molar-refractivity contribution in [3.8, 4) is 0 Å². The molecule has 0 bridgehead atoms. The van der Waals surface area contributed by atoms with Gasteiger partial charge in [0.15, 0.2) is 0 Å². The van der Waals surface area contributed by atoms with Gasteiger partial charge in [-0.2, -0.15) is 0 Å². The van der Waals surface area contributed by atoms with Gasteiger partial charge in [-0.05, 0) is 42.3 Å². The number of halogens is 3. The van der Waals surface area contributed by atoms with Crippen molar-refractivity contribution in [1.82, 2.24) is 0 Å². The molecule has 1 unspecified atom stereocenters. The average Bonchev–Trinajstić information content (AvgIpc) is 2.33. The summed E-state index contributed by atoms with van der Waals surface area (Å²) in [5, 5.41) is 10.5. The monoisotopic (exact) mass is 386 g/mol. The van der Waals surface area contributed by atoms with Crippen LogP contribution in [0.3, 0.4) is 0 Å². The molecule has 2 rings (SSSR count). The van der Waals surface area contributed by atoms with Crippen molar-refractivity contribution in [2.24, 2.45) is 0 Å². The SMILES string of the molecule is CC(O)(Cc1ccc(Br)cc1F)c1ccc(Br)cc1. The molecule has 0 aliphatic heterocycles. The Balaban J connectivity index is 2.27. The van der Waals surface area contributed by atoms with E-state index in [-0.39, 0.29) is 12.2 Å². The van der Waals surface area contributed by atoms with Crippen molar-refractivity contribution in [2.75, 3.05) is 0 Å². The van der Waals surface area contributed by atoms with Crippen LogP contribution in [-0.4, -0.2) is 5.11 Å². The van der Waals surface area contributed by atoms with E-state index in [4.69, 9.17) is 0 Å². The normalized spacial score (nSPS) is 14.2. The molecule has 0 aliphatic rings. The fourth-order valence-electron chi connectivity index (χ4n) is 1.95. The van der Waals surface area contributed by atoms with E-state index in [0.717, 1.165) is 10.0 Å². The van der Waals surface area contributed by atoms with Gasteiger partial charge in [-0.1, -0.05) is 50.1 Å². The van der Waals surface area contributed by atoms with Crippen molar-refractivity contribution in [1.29, 1.82) is 0 Å². The molecule has 0 saturated heterocycles. The van der Waals surface area contributed by atoms with Gasteiger partial charge in [0.1, 0.15) is 5.82 Å². The molecule has 19 heavy (non-hydrogen) atoms. The van der Waals surface area contributed by atoms with Crippen LogP contribution < -0.4 is 0 Å². The molecule has 0 spiro atoms. The maximum absolute atomic E-state index is 13.8. The molecule has 1 N–H and O–H groups in total. The highest BCUT2D eigenvalue weighted by molar-refractivity contribution is 9.10. The molecule has 0 radical (unpaired) electrons. The van der Waals surface area contributed by atoms with Gasteiger partial charge in [0.25, 0.3) is 0 Å². The Labute approximate surface area is 128 Å². The second-order valence-corrected chi connectivity index (χ2v) is 6.52. The van der Waals surface area contributed by atoms with Gasteiger partial charge >= 0.3 is 0 Å². The molecule has 1 atom stereocenters. The molecule has 4 heteroatoms. The van der Waals surface area contributed by atoms with Gasteiger partial charge in [-0.25, -0.2) is 4.39 Å². The van der Waals surface area contributed by atoms with Crippen LogP contribution in [0.15, 0.2) is 51.4 Å². The lowest BCUT2D eigenvalue weighted by Crippen LogP contribution is -2.24. The molecule has 1 nitrogen and oxygen atoms in total. The lowest BCUT2D eigenvalue weighted by atomic mass is 9.89. The molecule has 0 aromatic heterocycles. The van der Waals surface area contributed by atoms with E-state index in [9.17, 15) is 9.50 Å². The van der Waals surface area contributed by atoms with Crippen LogP contribution >= 0.6 is 31.9 Å². The van der Waals surface area contributed by atoms with Crippen molar-refractivity contribution in [2.45, 2.75) is 18.9 Å². The minimum atomic E-state index is -1.10. The van der Waals surface area contributed by atoms with E-state index in [1.54, 1.807) is 19.1 Å². The van der Waals surface area contributed by atoms with Crippen LogP contribution in [0.5, 0.6) is 0 Å². The van der Waals surface area contributed by atoms with Crippen LogP contribution in [-0.2, 0) is 12.0 Å². The summed E-state index contributed by atoms with van der Waals surface area (Å²) in [6, 6.07) is 12.3. The zero-order valence-corrected chi connectivity index (χ0v) is 13.5. The lowest BCUT2D eigenvalue weighted by Gasteiger charge is -2.24. The van der Waals surface area contributed by atoms with Gasteiger partial charge in [0.2, 0.25) is 0 Å². The molecule has 0 fully saturated rings. The van der Waals surface area contributed by atoms with E-state index in [1.807, 2.05) is 24.3 Å². The second kappa shape index (κ2) is 5.73. The second-order valence-electron chi connectivity index (χ2n) is 4.69. The third-order valence-corrected chi connectivity index (χ3v) is 4.04. The summed E-state index contributed by atoms with van der Waals surface area (Å²) in [6.45, 7) is 1.69. The molecule has 0 aliphatic carbocycles. The molecule has 0 saturated carbocycles. The molecule has 2 aromatic carbocycles. The Bertz CT molecular complexity index is 579. The first kappa shape index (κ1) is 14.7. The van der Waals surface area contributed by atoms with Gasteiger partial charge in [-0.15, -0.1) is 0 Å². The third-order valence-electron chi connectivity index (χ3n) is 3.02. The Kier molecular flexibility index (Phi) is 4.43. The summed E-state index contributed by atoms with van der Waals surface area (Å²) in [4.78, 5) is 0. The number of aliphatic hydroxyl groups is 1. The first-order chi connectivity index (χ1) is 8.88. The first-order valence-corrected chi connectivity index (χ1v) is 7.39. The van der Waals surface area contributed by atoms with Crippen LogP contribution in [0.25, 0.3) is 0 Å². The van der Waals surface area contributed by atoms with E-state index >= 15 is 0 Å². The van der Waals surface area contributed by atoms with Gasteiger partial charge in [-0.3, -0.25) is 0 Å². The zero-order chi connectivity index (χ0) is 14.0. The fourth-order valence-corrected chi connectivity index (χ4v) is 2.54. The van der Waals surface area contributed by atoms with Crippen molar-refractivity contribution in [3.63, 3.8) is 0 Å². The number of hydrogen-bond donors (Lipinski definition) is 1. The highest BCUT2D eigenvalue weighted by Gasteiger charge is 2.24. The van der Waals surface area contributed by atoms with Crippen molar-refractivity contribution >= 4 is 31.9 Å². The molecule has 100 valence electrons. The standard InChI is InChI=1S/C15H13Br2FO/c1-15(19,11-3-6-12(16)7-4-11)9-10-2-5-13(17)8-14(10)18/h2-8,19H,9H2,1H3. The Morgan fingerprint density at radius 3 is 2.21 bits per heavy atom. The molecular formula is C15H13Br2FO. The summed E-state index contributed by atoms with van der Waals surface area (Å²) in [6.07, 6.45) is 0.230. The van der Waals surface area contributed by atoms with Crippen LogP contribution in [0, 0.1) is 5.82 Å². The Morgan fingerprint density at radius 1 is 1.05 bits per heavy atom. The topological polar surface area (TPSA) is 20.2 Å². The predicted octanol–water partition coefficient (Wildman–Crippen LogP) is 4.80. The van der Waals surface area contributed by atoms with Crippen LogP contribution in [0.2, 0.25) is 0 Å². The van der Waals surface area contributed by atoms with E-state index in [2.05, 4.69) is 31.9 Å². The quantitative estimate of drug-likeness (QED) is 0.801. The summed E-state index contributed by atoms with van der Waals surface area (Å²) in [5.74, 6) is -0.313. The van der Waals surface area contributed by atoms with Crippen LogP contribution in [0.4, 0.5) is 4.39 Å². The van der Waals surface area contributed by atoms with Gasteiger partial charge in [0, 0.05) is 15.4 Å². The zero-order valence-electron chi connectivity index (χ0n) is 10.3. The molecule has 0 amide bonds. The van der Waals surface area contributed by atoms with Crippen molar-refractivity contribution in [3.05, 3.63) is 68.4 Å². The largest absolute Gasteiger partial charge is 0.385 e. The Morgan fingerprint density at radius 2 is 1.63 bits per heavy atom. The number of benzene rings is 2. The summed E-state index contributed by atoms with van der Waals surface area (Å²) in [7, 11) is 0. The summed E-state index contributed by atoms with van der Waals surface area (Å²) >= 11 is 6.57. The third kappa shape index (κ3) is 3.65. The smallest absolute Gasteiger partial charge is 0.127 e. The fraction of sp³-hybridized carbons (Fsp3) is 0.200. The minimum absolute atomic E-state index is 0.230. The summed E-state index contributed by atoms with van der Waals surface area (Å²) in [5.41, 5.74) is 0.157. The maximum Gasteiger partial charge on any atom is 0.127 e. The molecular weight excluding hydrogens is 375 g/mol. The van der Waals surface area contributed by atoms with Gasteiger partial charge < -0.3 is 5.11 Å². The summed E-state index contributed by atoms with van der Waals surface area (Å²) < 4.78 is 15.4. The minimum Gasteiger partial charge on any atom is -0.385 e. The maximum atomic E-state index is 13.8. The van der Waals surface area contributed by atoms with E-state index < -0.39 is 5.60 Å². The lowest BCUT2D eigenvalue weighted by molar-refractivity contribution is 0.0567. The first-order valence-electron chi connectivity index (χ1n) is 5.81. The molecule has 2 aromatic rings. The number of rotatable bonds is 3.